The molecule has 0 saturated heterocycles. The van der Waals surface area contributed by atoms with Gasteiger partial charge in [0.1, 0.15) is 11.5 Å². The smallest absolute Gasteiger partial charge is 0.115 e. The van der Waals surface area contributed by atoms with Gasteiger partial charge in [0.2, 0.25) is 0 Å². The first kappa shape index (κ1) is 29.3. The summed E-state index contributed by atoms with van der Waals surface area (Å²) in [5.74, 6) is 0.431. The van der Waals surface area contributed by atoms with Gasteiger partial charge in [0.25, 0.3) is 0 Å². The average Bonchev–Trinajstić information content (AvgIpc) is 3.98. The van der Waals surface area contributed by atoms with Crippen LogP contribution in [0.2, 0.25) is 0 Å². The highest BCUT2D eigenvalue weighted by molar-refractivity contribution is 5.88. The molecule has 0 aliphatic carbocycles. The van der Waals surface area contributed by atoms with E-state index in [9.17, 15) is 10.2 Å². The molecule has 4 aromatic heterocycles. The molecule has 8 nitrogen and oxygen atoms in total. The van der Waals surface area contributed by atoms with Crippen LogP contribution >= 0.6 is 0 Å². The van der Waals surface area contributed by atoms with Crippen LogP contribution in [0.5, 0.6) is 11.5 Å². The number of fused-ring (bicyclic) bond motifs is 8. The van der Waals surface area contributed by atoms with Crippen molar-refractivity contribution in [3.63, 3.8) is 0 Å². The first-order chi connectivity index (χ1) is 24.6. The van der Waals surface area contributed by atoms with E-state index in [1.54, 1.807) is 24.3 Å². The van der Waals surface area contributed by atoms with Crippen LogP contribution in [-0.4, -0.2) is 42.2 Å². The second-order valence-electron chi connectivity index (χ2n) is 12.5. The lowest BCUT2D eigenvalue weighted by atomic mass is 9.98. The van der Waals surface area contributed by atoms with Crippen molar-refractivity contribution < 1.29 is 10.2 Å². The molecule has 2 aromatic carbocycles. The zero-order valence-corrected chi connectivity index (χ0v) is 26.8. The molecule has 9 rings (SSSR count). The fourth-order valence-electron chi connectivity index (χ4n) is 7.19. The molecule has 7 heterocycles. The molecular weight excluding hydrogens is 621 g/mol. The van der Waals surface area contributed by atoms with Crippen LogP contribution in [0.25, 0.3) is 22.3 Å². The number of phenolic OH excluding ortho intramolecular Hbond substituents is 2. The quantitative estimate of drug-likeness (QED) is 0.155. The zero-order chi connectivity index (χ0) is 33.6. The Morgan fingerprint density at radius 3 is 1.36 bits per heavy atom. The molecule has 3 aliphatic rings. The van der Waals surface area contributed by atoms with Gasteiger partial charge >= 0.3 is 0 Å². The Morgan fingerprint density at radius 2 is 0.860 bits per heavy atom. The summed E-state index contributed by atoms with van der Waals surface area (Å²) < 4.78 is 0. The maximum Gasteiger partial charge on any atom is 0.115 e. The second-order valence-corrected chi connectivity index (χ2v) is 12.5. The molecule has 2 atom stereocenters. The fourth-order valence-corrected chi connectivity index (χ4v) is 7.19. The number of pyridine rings is 2. The second kappa shape index (κ2) is 12.0. The Balaban J connectivity index is 1.35. The van der Waals surface area contributed by atoms with Gasteiger partial charge in [0.05, 0.1) is 12.1 Å². The SMILES string of the molecule is Oc1ccc(/C2=C3\C=CC(N3)/C(c3ccncc3)=c3/cc/c([nH]3)=C(\c3ccc(O)cc3)C3C=C/C(=C(\c4ccncc4)c4ccc2[nH]4)N3)cc1. The van der Waals surface area contributed by atoms with Crippen LogP contribution in [-0.2, 0) is 0 Å². The molecule has 8 bridgehead atoms. The Kier molecular flexibility index (Phi) is 7.05. The maximum atomic E-state index is 10.2. The van der Waals surface area contributed by atoms with Gasteiger partial charge in [-0.25, -0.2) is 0 Å². The molecule has 0 fully saturated rings. The molecule has 6 aromatic rings. The highest BCUT2D eigenvalue weighted by Gasteiger charge is 2.27. The Bertz CT molecular complexity index is 2490. The molecule has 6 N–H and O–H groups in total. The number of nitrogens with one attached hydrogen (secondary N) is 4. The maximum absolute atomic E-state index is 10.2. The molecule has 242 valence electrons. The summed E-state index contributed by atoms with van der Waals surface area (Å²) in [7, 11) is 0. The molecule has 0 radical (unpaired) electrons. The third kappa shape index (κ3) is 5.20. The lowest BCUT2D eigenvalue weighted by Gasteiger charge is -2.19. The van der Waals surface area contributed by atoms with Gasteiger partial charge in [-0.05, 0) is 107 Å². The first-order valence-electron chi connectivity index (χ1n) is 16.5. The van der Waals surface area contributed by atoms with Crippen molar-refractivity contribution in [3.05, 3.63) is 202 Å². The van der Waals surface area contributed by atoms with Crippen molar-refractivity contribution in [1.29, 1.82) is 0 Å². The highest BCUT2D eigenvalue weighted by atomic mass is 16.3. The van der Waals surface area contributed by atoms with Crippen LogP contribution in [0.3, 0.4) is 0 Å². The third-order valence-corrected chi connectivity index (χ3v) is 9.48. The number of allylic oxidation sites excluding steroid dienone is 2. The van der Waals surface area contributed by atoms with E-state index in [2.05, 4.69) is 79.1 Å². The minimum atomic E-state index is -0.173. The Labute approximate surface area is 287 Å². The minimum Gasteiger partial charge on any atom is -0.508 e. The normalized spacial score (nSPS) is 23.1. The van der Waals surface area contributed by atoms with Crippen LogP contribution in [0, 0.1) is 0 Å². The number of aromatic amines is 2. The molecule has 0 amide bonds. The molecular formula is C42H32N6O2. The van der Waals surface area contributed by atoms with E-state index in [4.69, 9.17) is 0 Å². The van der Waals surface area contributed by atoms with Gasteiger partial charge < -0.3 is 30.8 Å². The number of aromatic hydroxyl groups is 2. The molecule has 8 heteroatoms. The van der Waals surface area contributed by atoms with Gasteiger partial charge in [-0.15, -0.1) is 0 Å². The van der Waals surface area contributed by atoms with E-state index < -0.39 is 0 Å². The lowest BCUT2D eigenvalue weighted by Crippen LogP contribution is -2.31. The number of hydrogen-bond acceptors (Lipinski definition) is 6. The van der Waals surface area contributed by atoms with Crippen LogP contribution in [0.15, 0.2) is 158 Å². The lowest BCUT2D eigenvalue weighted by molar-refractivity contribution is 0.474. The van der Waals surface area contributed by atoms with E-state index >= 15 is 0 Å². The number of rotatable bonds is 4. The Morgan fingerprint density at radius 1 is 0.440 bits per heavy atom. The molecule has 3 aliphatic heterocycles. The van der Waals surface area contributed by atoms with Crippen LogP contribution in [0.1, 0.15) is 33.6 Å². The molecule has 50 heavy (non-hydrogen) atoms. The number of nitrogens with zero attached hydrogens (tertiary/aromatic N) is 2. The van der Waals surface area contributed by atoms with Crippen molar-refractivity contribution >= 4 is 22.3 Å². The molecule has 0 spiro atoms. The van der Waals surface area contributed by atoms with Gasteiger partial charge in [-0.2, -0.15) is 0 Å². The minimum absolute atomic E-state index is 0.158. The summed E-state index contributed by atoms with van der Waals surface area (Å²) in [6.45, 7) is 0. The van der Waals surface area contributed by atoms with Gasteiger partial charge in [0.15, 0.2) is 0 Å². The van der Waals surface area contributed by atoms with Crippen molar-refractivity contribution in [2.24, 2.45) is 0 Å². The predicted octanol–water partition coefficient (Wildman–Crippen LogP) is 5.23. The molecule has 2 unspecified atom stereocenters. The van der Waals surface area contributed by atoms with E-state index in [1.807, 2.05) is 73.3 Å². The van der Waals surface area contributed by atoms with E-state index in [-0.39, 0.29) is 23.6 Å². The summed E-state index contributed by atoms with van der Waals surface area (Å²) in [5.41, 5.74) is 11.9. The van der Waals surface area contributed by atoms with Gasteiger partial charge in [-0.3, -0.25) is 9.97 Å². The number of phenols is 2. The average molecular weight is 653 g/mol. The summed E-state index contributed by atoms with van der Waals surface area (Å²) in [6.07, 6.45) is 15.9. The summed E-state index contributed by atoms with van der Waals surface area (Å²) in [4.78, 5) is 16.1. The van der Waals surface area contributed by atoms with Crippen molar-refractivity contribution in [2.75, 3.05) is 0 Å². The van der Waals surface area contributed by atoms with Crippen LogP contribution in [0.4, 0.5) is 0 Å². The predicted molar refractivity (Wildman–Crippen MR) is 195 cm³/mol. The Hall–Kier alpha value is -6.80. The summed E-state index contributed by atoms with van der Waals surface area (Å²) in [5, 5.41) is 29.9. The highest BCUT2D eigenvalue weighted by Crippen LogP contribution is 2.35. The third-order valence-electron chi connectivity index (χ3n) is 9.48. The zero-order valence-electron chi connectivity index (χ0n) is 26.8. The van der Waals surface area contributed by atoms with E-state index in [0.717, 1.165) is 78.0 Å². The number of hydrogen-bond donors (Lipinski definition) is 6. The monoisotopic (exact) mass is 652 g/mol. The largest absolute Gasteiger partial charge is 0.508 e. The number of benzene rings is 2. The van der Waals surface area contributed by atoms with E-state index in [1.165, 1.54) is 0 Å². The summed E-state index contributed by atoms with van der Waals surface area (Å²) >= 11 is 0. The van der Waals surface area contributed by atoms with Gasteiger partial charge in [0, 0.05) is 80.6 Å². The number of aromatic nitrogens is 4. The topological polar surface area (TPSA) is 122 Å². The van der Waals surface area contributed by atoms with Crippen LogP contribution < -0.4 is 21.3 Å². The van der Waals surface area contributed by atoms with Crippen molar-refractivity contribution in [3.8, 4) is 11.5 Å². The van der Waals surface area contributed by atoms with Crippen molar-refractivity contribution in [2.45, 2.75) is 12.1 Å². The van der Waals surface area contributed by atoms with Crippen molar-refractivity contribution in [1.82, 2.24) is 30.6 Å². The first-order valence-corrected chi connectivity index (χ1v) is 16.5. The fraction of sp³-hybridized carbons (Fsp3) is 0.0476. The summed E-state index contributed by atoms with van der Waals surface area (Å²) in [6, 6.07) is 31.0. The van der Waals surface area contributed by atoms with Gasteiger partial charge in [-0.1, -0.05) is 36.4 Å². The molecule has 0 saturated carbocycles. The van der Waals surface area contributed by atoms with E-state index in [0.29, 0.717) is 0 Å². The number of H-pyrrole nitrogens is 2. The standard InChI is InChI=1S/C42H32N6O2/c49-29-5-1-25(2-6-29)39-31-9-13-35(45-31)41(27-17-21-43-22-18-27)37-15-11-33(47-37)40(26-3-7-30(50)8-4-26)34-12-16-38(48-34)42(28-19-23-44-24-20-28)36-14-10-32(39)46-36/h1-24,31,38,45-50H/b39-32-,40-34-,41-35-,42-36-.